The molecule has 0 heterocycles. The molecule has 0 fully saturated rings. The number of rotatable bonds is 5. The lowest BCUT2D eigenvalue weighted by atomic mass is 10.0. The van der Waals surface area contributed by atoms with Crippen molar-refractivity contribution in [2.75, 3.05) is 14.2 Å². The van der Waals surface area contributed by atoms with Crippen molar-refractivity contribution < 1.29 is 9.47 Å². The molecule has 1 atom stereocenters. The highest BCUT2D eigenvalue weighted by atomic mass is 16.5. The summed E-state index contributed by atoms with van der Waals surface area (Å²) in [4.78, 5) is 0. The first-order valence-corrected chi connectivity index (χ1v) is 5.62. The predicted octanol–water partition coefficient (Wildman–Crippen LogP) is 2.16. The highest BCUT2D eigenvalue weighted by molar-refractivity contribution is 5.52. The van der Waals surface area contributed by atoms with Crippen LogP contribution in [0.5, 0.6) is 11.5 Å². The fourth-order valence-electron chi connectivity index (χ4n) is 1.88. The molecule has 1 aromatic carbocycles. The van der Waals surface area contributed by atoms with Crippen LogP contribution in [0.1, 0.15) is 25.0 Å². The molecule has 1 rings (SSSR count). The van der Waals surface area contributed by atoms with Gasteiger partial charge in [0, 0.05) is 6.04 Å². The van der Waals surface area contributed by atoms with Gasteiger partial charge in [-0.3, -0.25) is 0 Å². The SMILES string of the molecule is CCc1ccc(CC(C)N)c(OC)c1OC. The summed E-state index contributed by atoms with van der Waals surface area (Å²) >= 11 is 0. The van der Waals surface area contributed by atoms with Crippen molar-refractivity contribution in [3.8, 4) is 11.5 Å². The first-order chi connectivity index (χ1) is 7.63. The lowest BCUT2D eigenvalue weighted by molar-refractivity contribution is 0.348. The van der Waals surface area contributed by atoms with Gasteiger partial charge in [0.15, 0.2) is 11.5 Å². The second kappa shape index (κ2) is 5.75. The minimum absolute atomic E-state index is 0.117. The molecular weight excluding hydrogens is 202 g/mol. The van der Waals surface area contributed by atoms with Gasteiger partial charge in [0.2, 0.25) is 0 Å². The highest BCUT2D eigenvalue weighted by Gasteiger charge is 2.14. The van der Waals surface area contributed by atoms with Gasteiger partial charge in [0.05, 0.1) is 14.2 Å². The Morgan fingerprint density at radius 2 is 1.62 bits per heavy atom. The van der Waals surface area contributed by atoms with Crippen LogP contribution in [0.3, 0.4) is 0 Å². The van der Waals surface area contributed by atoms with Crippen LogP contribution < -0.4 is 15.2 Å². The molecule has 0 aliphatic rings. The Morgan fingerprint density at radius 1 is 1.12 bits per heavy atom. The Morgan fingerprint density at radius 3 is 2.06 bits per heavy atom. The van der Waals surface area contributed by atoms with E-state index in [0.717, 1.165) is 35.5 Å². The van der Waals surface area contributed by atoms with Crippen LogP contribution in [0.2, 0.25) is 0 Å². The van der Waals surface area contributed by atoms with E-state index >= 15 is 0 Å². The summed E-state index contributed by atoms with van der Waals surface area (Å²) in [5.41, 5.74) is 8.08. The van der Waals surface area contributed by atoms with E-state index in [0.29, 0.717) is 0 Å². The van der Waals surface area contributed by atoms with E-state index in [1.165, 1.54) is 0 Å². The van der Waals surface area contributed by atoms with Gasteiger partial charge in [-0.25, -0.2) is 0 Å². The third kappa shape index (κ3) is 2.67. The molecule has 1 aromatic rings. The molecule has 0 saturated heterocycles. The number of hydrogen-bond acceptors (Lipinski definition) is 3. The quantitative estimate of drug-likeness (QED) is 0.832. The van der Waals surface area contributed by atoms with E-state index in [1.807, 2.05) is 6.92 Å². The van der Waals surface area contributed by atoms with Crippen LogP contribution in [-0.2, 0) is 12.8 Å². The molecular formula is C13H21NO2. The van der Waals surface area contributed by atoms with Crippen LogP contribution in [-0.4, -0.2) is 20.3 Å². The largest absolute Gasteiger partial charge is 0.493 e. The fraction of sp³-hybridized carbons (Fsp3) is 0.538. The lowest BCUT2D eigenvalue weighted by Gasteiger charge is -2.16. The maximum Gasteiger partial charge on any atom is 0.164 e. The standard InChI is InChI=1S/C13H21NO2/c1-5-10-6-7-11(8-9(2)14)13(16-4)12(10)15-3/h6-7,9H,5,8,14H2,1-4H3. The summed E-state index contributed by atoms with van der Waals surface area (Å²) < 4.78 is 10.8. The summed E-state index contributed by atoms with van der Waals surface area (Å²) in [7, 11) is 3.34. The molecule has 3 nitrogen and oxygen atoms in total. The zero-order valence-electron chi connectivity index (χ0n) is 10.5. The number of benzene rings is 1. The number of nitrogens with two attached hydrogens (primary N) is 1. The molecule has 16 heavy (non-hydrogen) atoms. The Balaban J connectivity index is 3.20. The van der Waals surface area contributed by atoms with Crippen molar-refractivity contribution in [3.63, 3.8) is 0 Å². The van der Waals surface area contributed by atoms with Crippen LogP contribution in [0.4, 0.5) is 0 Å². The van der Waals surface area contributed by atoms with Crippen molar-refractivity contribution >= 4 is 0 Å². The predicted molar refractivity (Wildman–Crippen MR) is 66.3 cm³/mol. The normalized spacial score (nSPS) is 12.3. The molecule has 1 unspecified atom stereocenters. The number of methoxy groups -OCH3 is 2. The summed E-state index contributed by atoms with van der Waals surface area (Å²) in [5.74, 6) is 1.65. The topological polar surface area (TPSA) is 44.5 Å². The zero-order chi connectivity index (χ0) is 12.1. The molecule has 0 aliphatic heterocycles. The summed E-state index contributed by atoms with van der Waals surface area (Å²) in [6, 6.07) is 4.27. The molecule has 0 bridgehead atoms. The van der Waals surface area contributed by atoms with E-state index in [-0.39, 0.29) is 6.04 Å². The van der Waals surface area contributed by atoms with Gasteiger partial charge in [0.1, 0.15) is 0 Å². The second-order valence-corrected chi connectivity index (χ2v) is 3.99. The van der Waals surface area contributed by atoms with E-state index in [1.54, 1.807) is 14.2 Å². The molecule has 2 N–H and O–H groups in total. The summed E-state index contributed by atoms with van der Waals surface area (Å²) in [5, 5.41) is 0. The van der Waals surface area contributed by atoms with Crippen LogP contribution in [0, 0.1) is 0 Å². The Labute approximate surface area is 97.6 Å². The Kier molecular flexibility index (Phi) is 4.62. The van der Waals surface area contributed by atoms with Gasteiger partial charge in [-0.2, -0.15) is 0 Å². The van der Waals surface area contributed by atoms with Gasteiger partial charge >= 0.3 is 0 Å². The first-order valence-electron chi connectivity index (χ1n) is 5.62. The fourth-order valence-corrected chi connectivity index (χ4v) is 1.88. The molecule has 3 heteroatoms. The third-order valence-electron chi connectivity index (χ3n) is 2.61. The van der Waals surface area contributed by atoms with Crippen molar-refractivity contribution in [3.05, 3.63) is 23.3 Å². The maximum atomic E-state index is 5.81. The van der Waals surface area contributed by atoms with Crippen molar-refractivity contribution in [1.29, 1.82) is 0 Å². The molecule has 0 spiro atoms. The van der Waals surface area contributed by atoms with Crippen LogP contribution in [0.15, 0.2) is 12.1 Å². The smallest absolute Gasteiger partial charge is 0.164 e. The molecule has 0 aliphatic carbocycles. The summed E-state index contributed by atoms with van der Waals surface area (Å²) in [6.07, 6.45) is 1.72. The molecule has 0 radical (unpaired) electrons. The van der Waals surface area contributed by atoms with Crippen molar-refractivity contribution in [2.24, 2.45) is 5.73 Å². The third-order valence-corrected chi connectivity index (χ3v) is 2.61. The molecule has 0 aromatic heterocycles. The minimum Gasteiger partial charge on any atom is -0.493 e. The van der Waals surface area contributed by atoms with Crippen LogP contribution in [0.25, 0.3) is 0 Å². The molecule has 90 valence electrons. The minimum atomic E-state index is 0.117. The lowest BCUT2D eigenvalue weighted by Crippen LogP contribution is -2.18. The van der Waals surface area contributed by atoms with Crippen LogP contribution >= 0.6 is 0 Å². The van der Waals surface area contributed by atoms with Gasteiger partial charge in [-0.05, 0) is 30.9 Å². The average molecular weight is 223 g/mol. The van der Waals surface area contributed by atoms with Gasteiger partial charge < -0.3 is 15.2 Å². The van der Waals surface area contributed by atoms with E-state index < -0.39 is 0 Å². The monoisotopic (exact) mass is 223 g/mol. The average Bonchev–Trinajstić information content (AvgIpc) is 2.27. The van der Waals surface area contributed by atoms with Crippen molar-refractivity contribution in [2.45, 2.75) is 32.7 Å². The zero-order valence-corrected chi connectivity index (χ0v) is 10.5. The molecule has 0 amide bonds. The van der Waals surface area contributed by atoms with Crippen molar-refractivity contribution in [1.82, 2.24) is 0 Å². The van der Waals surface area contributed by atoms with Gasteiger partial charge in [-0.1, -0.05) is 19.1 Å². The molecule has 0 saturated carbocycles. The Hall–Kier alpha value is -1.22. The maximum absolute atomic E-state index is 5.81. The Bertz CT molecular complexity index is 348. The number of ether oxygens (including phenoxy) is 2. The van der Waals surface area contributed by atoms with Gasteiger partial charge in [0.25, 0.3) is 0 Å². The number of aryl methyl sites for hydroxylation is 1. The van der Waals surface area contributed by atoms with E-state index in [4.69, 9.17) is 15.2 Å². The van der Waals surface area contributed by atoms with Gasteiger partial charge in [-0.15, -0.1) is 0 Å². The first kappa shape index (κ1) is 12.8. The van der Waals surface area contributed by atoms with E-state index in [2.05, 4.69) is 19.1 Å². The number of hydrogen-bond donors (Lipinski definition) is 1. The second-order valence-electron chi connectivity index (χ2n) is 3.99. The van der Waals surface area contributed by atoms with E-state index in [9.17, 15) is 0 Å². The highest BCUT2D eigenvalue weighted by Crippen LogP contribution is 2.35. The summed E-state index contributed by atoms with van der Waals surface area (Å²) in [6.45, 7) is 4.09.